The van der Waals surface area contributed by atoms with Crippen LogP contribution in [0.1, 0.15) is 29.7 Å². The number of benzene rings is 2. The summed E-state index contributed by atoms with van der Waals surface area (Å²) in [5.74, 6) is 0.197. The highest BCUT2D eigenvalue weighted by molar-refractivity contribution is 5.88. The molecule has 2 aromatic carbocycles. The minimum absolute atomic E-state index is 0.197. The van der Waals surface area contributed by atoms with Gasteiger partial charge in [-0.3, -0.25) is 0 Å². The van der Waals surface area contributed by atoms with E-state index in [2.05, 4.69) is 35.8 Å². The van der Waals surface area contributed by atoms with E-state index in [1.165, 1.54) is 5.56 Å². The average molecular weight is 260 g/mol. The molecule has 0 saturated carbocycles. The van der Waals surface area contributed by atoms with Crippen LogP contribution in [0, 0.1) is 11.3 Å². The van der Waals surface area contributed by atoms with E-state index in [9.17, 15) is 5.26 Å². The molecule has 1 aromatic heterocycles. The fraction of sp³-hybridized carbons (Fsp3) is 0.167. The molecule has 0 spiro atoms. The van der Waals surface area contributed by atoms with E-state index in [0.717, 1.165) is 22.2 Å². The van der Waals surface area contributed by atoms with Crippen LogP contribution in [0.2, 0.25) is 0 Å². The van der Waals surface area contributed by atoms with Crippen LogP contribution in [0.25, 0.3) is 10.9 Å². The van der Waals surface area contributed by atoms with Crippen LogP contribution in [0.3, 0.4) is 0 Å². The van der Waals surface area contributed by atoms with Gasteiger partial charge in [-0.05, 0) is 11.6 Å². The highest BCUT2D eigenvalue weighted by Gasteiger charge is 2.20. The van der Waals surface area contributed by atoms with Gasteiger partial charge in [0, 0.05) is 29.6 Å². The predicted octanol–water partition coefficient (Wildman–Crippen LogP) is 4.20. The minimum atomic E-state index is 0.197. The van der Waals surface area contributed by atoms with Crippen molar-refractivity contribution in [1.29, 1.82) is 5.26 Å². The lowest BCUT2D eigenvalue weighted by Gasteiger charge is -2.14. The van der Waals surface area contributed by atoms with Gasteiger partial charge in [-0.15, -0.1) is 0 Å². The summed E-state index contributed by atoms with van der Waals surface area (Å²) in [4.78, 5) is 0. The van der Waals surface area contributed by atoms with Crippen molar-refractivity contribution in [2.75, 3.05) is 0 Å². The molecule has 1 heterocycles. The second kappa shape index (κ2) is 4.86. The van der Waals surface area contributed by atoms with Crippen LogP contribution in [-0.4, -0.2) is 4.57 Å². The zero-order valence-corrected chi connectivity index (χ0v) is 11.7. The van der Waals surface area contributed by atoms with Crippen molar-refractivity contribution < 1.29 is 0 Å². The monoisotopic (exact) mass is 260 g/mol. The maximum atomic E-state index is 9.56. The first-order valence-corrected chi connectivity index (χ1v) is 6.76. The summed E-state index contributed by atoms with van der Waals surface area (Å²) in [7, 11) is 2.04. The van der Waals surface area contributed by atoms with Gasteiger partial charge in [0.2, 0.25) is 0 Å². The third-order valence-electron chi connectivity index (χ3n) is 3.97. The molecule has 0 amide bonds. The predicted molar refractivity (Wildman–Crippen MR) is 81.6 cm³/mol. The molecule has 1 atom stereocenters. The van der Waals surface area contributed by atoms with E-state index in [4.69, 9.17) is 0 Å². The third kappa shape index (κ3) is 1.80. The molecule has 0 aliphatic carbocycles. The molecule has 3 rings (SSSR count). The summed E-state index contributed by atoms with van der Waals surface area (Å²) < 4.78 is 2.14. The van der Waals surface area contributed by atoms with E-state index < -0.39 is 0 Å². The first kappa shape index (κ1) is 12.5. The van der Waals surface area contributed by atoms with E-state index in [1.807, 2.05) is 43.4 Å². The van der Waals surface area contributed by atoms with Crippen molar-refractivity contribution in [3.63, 3.8) is 0 Å². The zero-order chi connectivity index (χ0) is 14.1. The first-order chi connectivity index (χ1) is 9.74. The standard InChI is InChI=1S/C18H16N2/c1-13(14-8-4-3-5-9-14)18-16(12-19)15-10-6-7-11-17(15)20(18)2/h3-11,13H,1-2H3. The first-order valence-electron chi connectivity index (χ1n) is 6.76. The number of aryl methyl sites for hydroxylation is 1. The van der Waals surface area contributed by atoms with E-state index in [-0.39, 0.29) is 5.92 Å². The van der Waals surface area contributed by atoms with Crippen LogP contribution < -0.4 is 0 Å². The lowest BCUT2D eigenvalue weighted by atomic mass is 9.95. The van der Waals surface area contributed by atoms with Crippen LogP contribution in [-0.2, 0) is 7.05 Å². The zero-order valence-electron chi connectivity index (χ0n) is 11.7. The highest BCUT2D eigenvalue weighted by Crippen LogP contribution is 2.33. The number of para-hydroxylation sites is 1. The van der Waals surface area contributed by atoms with Crippen LogP contribution in [0.5, 0.6) is 0 Å². The number of rotatable bonds is 2. The molecule has 2 nitrogen and oxygen atoms in total. The minimum Gasteiger partial charge on any atom is -0.346 e. The van der Waals surface area contributed by atoms with Gasteiger partial charge in [-0.1, -0.05) is 55.5 Å². The molecule has 0 aliphatic heterocycles. The SMILES string of the molecule is CC(c1ccccc1)c1c(C#N)c2ccccc2n1C. The summed E-state index contributed by atoms with van der Waals surface area (Å²) in [6.07, 6.45) is 0. The Morgan fingerprint density at radius 3 is 2.35 bits per heavy atom. The van der Waals surface area contributed by atoms with Gasteiger partial charge >= 0.3 is 0 Å². The number of hydrogen-bond acceptors (Lipinski definition) is 1. The number of aromatic nitrogens is 1. The van der Waals surface area contributed by atoms with E-state index in [0.29, 0.717) is 0 Å². The molecule has 1 unspecified atom stereocenters. The van der Waals surface area contributed by atoms with Crippen molar-refractivity contribution in [3.8, 4) is 6.07 Å². The van der Waals surface area contributed by atoms with Crippen LogP contribution in [0.4, 0.5) is 0 Å². The van der Waals surface area contributed by atoms with E-state index in [1.54, 1.807) is 0 Å². The van der Waals surface area contributed by atoms with Gasteiger partial charge in [0.1, 0.15) is 6.07 Å². The Morgan fingerprint density at radius 2 is 1.65 bits per heavy atom. The Labute approximate surface area is 118 Å². The molecule has 3 aromatic rings. The smallest absolute Gasteiger partial charge is 0.102 e. The number of fused-ring (bicyclic) bond motifs is 1. The molecule has 0 radical (unpaired) electrons. The normalized spacial score (nSPS) is 12.2. The second-order valence-corrected chi connectivity index (χ2v) is 5.08. The van der Waals surface area contributed by atoms with Gasteiger partial charge in [-0.25, -0.2) is 0 Å². The lowest BCUT2D eigenvalue weighted by molar-refractivity contribution is 0.784. The van der Waals surface area contributed by atoms with Gasteiger partial charge in [0.25, 0.3) is 0 Å². The number of nitriles is 1. The van der Waals surface area contributed by atoms with Crippen molar-refractivity contribution in [1.82, 2.24) is 4.57 Å². The summed E-state index contributed by atoms with van der Waals surface area (Å²) in [5.41, 5.74) is 4.22. The molecule has 2 heteroatoms. The molecule has 0 saturated heterocycles. The molecule has 20 heavy (non-hydrogen) atoms. The van der Waals surface area contributed by atoms with Crippen molar-refractivity contribution in [2.45, 2.75) is 12.8 Å². The lowest BCUT2D eigenvalue weighted by Crippen LogP contribution is -2.04. The van der Waals surface area contributed by atoms with Crippen molar-refractivity contribution in [3.05, 3.63) is 71.4 Å². The highest BCUT2D eigenvalue weighted by atomic mass is 15.0. The summed E-state index contributed by atoms with van der Waals surface area (Å²) >= 11 is 0. The molecular weight excluding hydrogens is 244 g/mol. The molecular formula is C18H16N2. The Kier molecular flexibility index (Phi) is 3.04. The maximum Gasteiger partial charge on any atom is 0.102 e. The number of nitrogens with zero attached hydrogens (tertiary/aromatic N) is 2. The van der Waals surface area contributed by atoms with Crippen LogP contribution >= 0.6 is 0 Å². The Balaban J connectivity index is 2.27. The van der Waals surface area contributed by atoms with E-state index >= 15 is 0 Å². The largest absolute Gasteiger partial charge is 0.346 e. The molecule has 0 N–H and O–H groups in total. The fourth-order valence-corrected chi connectivity index (χ4v) is 2.94. The maximum absolute atomic E-state index is 9.56. The van der Waals surface area contributed by atoms with Gasteiger partial charge in [-0.2, -0.15) is 5.26 Å². The average Bonchev–Trinajstić information content (AvgIpc) is 2.80. The third-order valence-corrected chi connectivity index (χ3v) is 3.97. The molecule has 98 valence electrons. The van der Waals surface area contributed by atoms with Crippen molar-refractivity contribution >= 4 is 10.9 Å². The van der Waals surface area contributed by atoms with Crippen LogP contribution in [0.15, 0.2) is 54.6 Å². The Bertz CT molecular complexity index is 791. The quantitative estimate of drug-likeness (QED) is 0.678. The molecule has 0 bridgehead atoms. The summed E-state index contributed by atoms with van der Waals surface area (Å²) in [6.45, 7) is 2.16. The van der Waals surface area contributed by atoms with Gasteiger partial charge in [0.15, 0.2) is 0 Å². The second-order valence-electron chi connectivity index (χ2n) is 5.08. The Morgan fingerprint density at radius 1 is 1.00 bits per heavy atom. The number of hydrogen-bond donors (Lipinski definition) is 0. The Hall–Kier alpha value is -2.53. The fourth-order valence-electron chi connectivity index (χ4n) is 2.94. The summed E-state index contributed by atoms with van der Waals surface area (Å²) in [6, 6.07) is 20.8. The molecule has 0 aliphatic rings. The summed E-state index contributed by atoms with van der Waals surface area (Å²) in [5, 5.41) is 10.6. The topological polar surface area (TPSA) is 28.7 Å². The van der Waals surface area contributed by atoms with Gasteiger partial charge in [0.05, 0.1) is 5.56 Å². The molecule has 0 fully saturated rings. The van der Waals surface area contributed by atoms with Crippen molar-refractivity contribution in [2.24, 2.45) is 7.05 Å². The van der Waals surface area contributed by atoms with Gasteiger partial charge < -0.3 is 4.57 Å².